The van der Waals surface area contributed by atoms with Gasteiger partial charge in [0.15, 0.2) is 5.65 Å². The predicted molar refractivity (Wildman–Crippen MR) is 195 cm³/mol. The summed E-state index contributed by atoms with van der Waals surface area (Å²) in [5.41, 5.74) is 1.96. The average molecular weight is 720 g/mol. The molecule has 53 heavy (non-hydrogen) atoms. The van der Waals surface area contributed by atoms with Crippen molar-refractivity contribution in [2.24, 2.45) is 10.9 Å². The molecule has 3 heterocycles. The van der Waals surface area contributed by atoms with Crippen LogP contribution in [0.2, 0.25) is 0 Å². The third kappa shape index (κ3) is 8.22. The Bertz CT molecular complexity index is 2230. The van der Waals surface area contributed by atoms with Crippen LogP contribution in [-0.4, -0.2) is 62.0 Å². The summed E-state index contributed by atoms with van der Waals surface area (Å²) in [7, 11) is 0. The van der Waals surface area contributed by atoms with Crippen molar-refractivity contribution in [1.29, 1.82) is 0 Å². The minimum Gasteiger partial charge on any atom is -0.459 e. The molecule has 1 aliphatic rings. The molecule has 6 rings (SSSR count). The minimum atomic E-state index is -1.36. The highest BCUT2D eigenvalue weighted by Crippen LogP contribution is 2.30. The number of alkyl carbamates (subject to hydrolysis) is 1. The van der Waals surface area contributed by atoms with E-state index in [0.717, 1.165) is 5.56 Å². The number of amides is 3. The number of aliphatic imine (C=N–C) groups is 1. The van der Waals surface area contributed by atoms with Gasteiger partial charge in [-0.2, -0.15) is 5.10 Å². The summed E-state index contributed by atoms with van der Waals surface area (Å²) >= 11 is 0. The number of nitrogens with zero attached hydrogens (tertiary/aromatic N) is 4. The van der Waals surface area contributed by atoms with Crippen LogP contribution in [0.4, 0.5) is 14.9 Å². The first kappa shape index (κ1) is 36.4. The smallest absolute Gasteiger partial charge is 0.408 e. The Hall–Kier alpha value is -6.44. The lowest BCUT2D eigenvalue weighted by Crippen LogP contribution is -2.47. The lowest BCUT2D eigenvalue weighted by atomic mass is 10.0. The van der Waals surface area contributed by atoms with Crippen LogP contribution in [0.5, 0.6) is 0 Å². The van der Waals surface area contributed by atoms with E-state index in [1.165, 1.54) is 28.9 Å². The molecule has 14 heteroatoms. The zero-order chi connectivity index (χ0) is 37.9. The van der Waals surface area contributed by atoms with Crippen LogP contribution >= 0.6 is 0 Å². The standard InChI is InChI=1S/C39H38FN7O6/c1-22(2)30(44-38(51)53-39(3,4)5)37(50)52-21-23-16-17-25(27(40)20-23)32-29(34-41-18-11-19-47(34)46-32)35(48)45-33-36(49)42-28-15-10-9-14-26(28)31(43-33)24-12-7-6-8-13-24/h6-20,22,30,33H,21H2,1-5H3,(H,42,49)(H,44,51)(H,45,48)/t30-,33+/m0/s1. The first-order valence-electron chi connectivity index (χ1n) is 16.9. The maximum atomic E-state index is 15.9. The number of esters is 1. The SMILES string of the molecule is CC(C)[C@H](NC(=O)OC(C)(C)C)C(=O)OCc1ccc(-c2nn3cccnc3c2C(=O)N[C@H]2N=C(c3ccccc3)c3ccccc3NC2=O)c(F)c1. The summed E-state index contributed by atoms with van der Waals surface area (Å²) in [5.74, 6) is -3.13. The van der Waals surface area contributed by atoms with Gasteiger partial charge in [0, 0.05) is 29.1 Å². The average Bonchev–Trinajstić information content (AvgIpc) is 3.44. The number of fused-ring (bicyclic) bond motifs is 2. The van der Waals surface area contributed by atoms with E-state index in [1.54, 1.807) is 59.0 Å². The second-order valence-electron chi connectivity index (χ2n) is 13.7. The molecule has 2 aromatic heterocycles. The fourth-order valence-corrected chi connectivity index (χ4v) is 5.68. The Morgan fingerprint density at radius 1 is 0.981 bits per heavy atom. The molecular weight excluding hydrogens is 681 g/mol. The molecule has 0 spiro atoms. The second kappa shape index (κ2) is 15.0. The molecule has 0 bridgehead atoms. The third-order valence-corrected chi connectivity index (χ3v) is 8.15. The lowest BCUT2D eigenvalue weighted by molar-refractivity contribution is -0.148. The number of hydrogen-bond acceptors (Lipinski definition) is 9. The lowest BCUT2D eigenvalue weighted by Gasteiger charge is -2.24. The van der Waals surface area contributed by atoms with Crippen molar-refractivity contribution in [2.75, 3.05) is 5.32 Å². The number of halogens is 1. The normalized spacial score (nSPS) is 14.7. The van der Waals surface area contributed by atoms with E-state index < -0.39 is 47.5 Å². The minimum absolute atomic E-state index is 0.0337. The quantitative estimate of drug-likeness (QED) is 0.164. The van der Waals surface area contributed by atoms with Gasteiger partial charge in [-0.05, 0) is 56.5 Å². The van der Waals surface area contributed by atoms with Gasteiger partial charge in [-0.3, -0.25) is 9.59 Å². The summed E-state index contributed by atoms with van der Waals surface area (Å²) in [6, 6.07) is 21.2. The number of para-hydroxylation sites is 1. The van der Waals surface area contributed by atoms with Gasteiger partial charge in [0.2, 0.25) is 6.17 Å². The number of nitrogens with one attached hydrogen (secondary N) is 3. The molecule has 272 valence electrons. The van der Waals surface area contributed by atoms with Crippen LogP contribution in [-0.2, 0) is 25.7 Å². The van der Waals surface area contributed by atoms with E-state index in [9.17, 15) is 19.2 Å². The van der Waals surface area contributed by atoms with Crippen LogP contribution in [0.15, 0.2) is 96.2 Å². The van der Waals surface area contributed by atoms with Crippen molar-refractivity contribution in [3.05, 3.63) is 119 Å². The Morgan fingerprint density at radius 2 is 1.72 bits per heavy atom. The molecule has 0 aliphatic carbocycles. The van der Waals surface area contributed by atoms with Crippen LogP contribution in [0.1, 0.15) is 61.7 Å². The molecule has 2 atom stereocenters. The Kier molecular flexibility index (Phi) is 10.3. The first-order valence-corrected chi connectivity index (χ1v) is 16.9. The number of rotatable bonds is 9. The summed E-state index contributed by atoms with van der Waals surface area (Å²) in [6.45, 7) is 8.30. The van der Waals surface area contributed by atoms with E-state index in [4.69, 9.17) is 14.5 Å². The van der Waals surface area contributed by atoms with Crippen molar-refractivity contribution in [3.8, 4) is 11.3 Å². The Morgan fingerprint density at radius 3 is 2.43 bits per heavy atom. The van der Waals surface area contributed by atoms with E-state index >= 15 is 4.39 Å². The molecule has 5 aromatic rings. The molecule has 1 aliphatic heterocycles. The van der Waals surface area contributed by atoms with Crippen LogP contribution in [0.3, 0.4) is 0 Å². The maximum absolute atomic E-state index is 15.9. The number of anilines is 1. The number of hydrogen-bond donors (Lipinski definition) is 3. The first-order chi connectivity index (χ1) is 25.3. The fraction of sp³-hybridized carbons (Fsp3) is 0.256. The maximum Gasteiger partial charge on any atom is 0.408 e. The highest BCUT2D eigenvalue weighted by atomic mass is 19.1. The Balaban J connectivity index is 1.26. The van der Waals surface area contributed by atoms with Crippen molar-refractivity contribution in [2.45, 2.75) is 59.0 Å². The van der Waals surface area contributed by atoms with Crippen LogP contribution < -0.4 is 16.0 Å². The number of carbonyl (C=O) groups excluding carboxylic acids is 4. The van der Waals surface area contributed by atoms with E-state index in [2.05, 4.69) is 26.0 Å². The highest BCUT2D eigenvalue weighted by Gasteiger charge is 2.32. The molecule has 0 fully saturated rings. The number of carbonyl (C=O) groups is 4. The molecule has 0 unspecified atom stereocenters. The molecule has 0 saturated carbocycles. The molecule has 3 amide bonds. The van der Waals surface area contributed by atoms with E-state index in [1.807, 2.05) is 42.5 Å². The molecule has 0 saturated heterocycles. The number of aromatic nitrogens is 3. The molecule has 0 radical (unpaired) electrons. The third-order valence-electron chi connectivity index (χ3n) is 8.15. The number of benzodiazepines with no additional fused rings is 1. The van der Waals surface area contributed by atoms with Crippen molar-refractivity contribution >= 4 is 40.9 Å². The highest BCUT2D eigenvalue weighted by molar-refractivity contribution is 6.20. The van der Waals surface area contributed by atoms with Gasteiger partial charge >= 0.3 is 12.1 Å². The van der Waals surface area contributed by atoms with Gasteiger partial charge < -0.3 is 25.4 Å². The summed E-state index contributed by atoms with van der Waals surface area (Å²) in [4.78, 5) is 61.9. The molecular formula is C39H38FN7O6. The largest absolute Gasteiger partial charge is 0.459 e. The number of benzene rings is 3. The van der Waals surface area contributed by atoms with Crippen LogP contribution in [0.25, 0.3) is 16.9 Å². The zero-order valence-electron chi connectivity index (χ0n) is 29.7. The van der Waals surface area contributed by atoms with Gasteiger partial charge in [0.05, 0.1) is 11.4 Å². The zero-order valence-corrected chi connectivity index (χ0v) is 29.7. The topological polar surface area (TPSA) is 165 Å². The molecule has 3 N–H and O–H groups in total. The summed E-state index contributed by atoms with van der Waals surface area (Å²) in [6.07, 6.45) is 0.899. The second-order valence-corrected chi connectivity index (χ2v) is 13.7. The van der Waals surface area contributed by atoms with Crippen molar-refractivity contribution in [1.82, 2.24) is 25.2 Å². The number of ether oxygens (including phenoxy) is 2. The van der Waals surface area contributed by atoms with Gasteiger partial charge in [-0.25, -0.2) is 28.5 Å². The fourth-order valence-electron chi connectivity index (χ4n) is 5.68. The molecule has 3 aromatic carbocycles. The summed E-state index contributed by atoms with van der Waals surface area (Å²) in [5, 5.41) is 12.6. The van der Waals surface area contributed by atoms with Gasteiger partial charge in [-0.1, -0.05) is 68.4 Å². The Labute approximate surface area is 304 Å². The van der Waals surface area contributed by atoms with E-state index in [-0.39, 0.29) is 35.0 Å². The van der Waals surface area contributed by atoms with Gasteiger partial charge in [0.1, 0.15) is 35.3 Å². The van der Waals surface area contributed by atoms with Crippen molar-refractivity contribution in [3.63, 3.8) is 0 Å². The van der Waals surface area contributed by atoms with E-state index in [0.29, 0.717) is 22.5 Å². The van der Waals surface area contributed by atoms with Crippen molar-refractivity contribution < 1.29 is 33.0 Å². The van der Waals surface area contributed by atoms with Gasteiger partial charge in [0.25, 0.3) is 11.8 Å². The summed E-state index contributed by atoms with van der Waals surface area (Å²) < 4.78 is 28.0. The van der Waals surface area contributed by atoms with Crippen LogP contribution in [0, 0.1) is 11.7 Å². The van der Waals surface area contributed by atoms with Gasteiger partial charge in [-0.15, -0.1) is 0 Å². The predicted octanol–water partition coefficient (Wildman–Crippen LogP) is 5.67. The monoisotopic (exact) mass is 719 g/mol. The molecule has 13 nitrogen and oxygen atoms in total.